The lowest BCUT2D eigenvalue weighted by Crippen LogP contribution is -2.01. The lowest BCUT2D eigenvalue weighted by molar-refractivity contribution is 0.628. The summed E-state index contributed by atoms with van der Waals surface area (Å²) in [6.07, 6.45) is 0. The Balaban J connectivity index is 2.41. The Labute approximate surface area is 127 Å². The van der Waals surface area contributed by atoms with Crippen molar-refractivity contribution in [1.29, 1.82) is 0 Å². The molecule has 0 saturated heterocycles. The van der Waals surface area contributed by atoms with Crippen molar-refractivity contribution in [3.8, 4) is 11.4 Å². The average Bonchev–Trinajstić information content (AvgIpc) is 2.84. The van der Waals surface area contributed by atoms with E-state index in [1.165, 1.54) is 12.1 Å². The number of nitrogens with zero attached hydrogens (tertiary/aromatic N) is 4. The Bertz CT molecular complexity index is 831. The molecular formula is C13H9BrClFN4. The largest absolute Gasteiger partial charge is 0.275 e. The van der Waals surface area contributed by atoms with Crippen LogP contribution in [0.15, 0.2) is 22.7 Å². The van der Waals surface area contributed by atoms with Crippen LogP contribution in [0.3, 0.4) is 0 Å². The standard InChI is InChI=1S/C13H9BrClFN4/c1-6-7(2)20-12(18-19-13(20)11(15)17-6)9-5-8(16)3-4-10(9)14/h3-5H,1-2H3. The van der Waals surface area contributed by atoms with E-state index in [-0.39, 0.29) is 11.0 Å². The molecule has 0 aliphatic carbocycles. The predicted octanol–water partition coefficient (Wildman–Crippen LogP) is 3.96. The number of aromatic nitrogens is 4. The van der Waals surface area contributed by atoms with Crippen LogP contribution in [0.4, 0.5) is 4.39 Å². The van der Waals surface area contributed by atoms with Crippen molar-refractivity contribution in [2.24, 2.45) is 0 Å². The molecule has 0 unspecified atom stereocenters. The Kier molecular flexibility index (Phi) is 3.22. The molecule has 0 spiro atoms. The third-order valence-electron chi connectivity index (χ3n) is 3.14. The van der Waals surface area contributed by atoms with Crippen LogP contribution in [-0.2, 0) is 0 Å². The predicted molar refractivity (Wildman–Crippen MR) is 78.4 cm³/mol. The summed E-state index contributed by atoms with van der Waals surface area (Å²) in [4.78, 5) is 4.20. The molecule has 0 aliphatic rings. The maximum Gasteiger partial charge on any atom is 0.199 e. The van der Waals surface area contributed by atoms with Gasteiger partial charge in [0.2, 0.25) is 0 Å². The maximum atomic E-state index is 13.5. The third-order valence-corrected chi connectivity index (χ3v) is 4.09. The van der Waals surface area contributed by atoms with Crippen molar-refractivity contribution >= 4 is 33.2 Å². The van der Waals surface area contributed by atoms with E-state index in [0.717, 1.165) is 15.9 Å². The molecule has 2 heterocycles. The first-order chi connectivity index (χ1) is 9.49. The summed E-state index contributed by atoms with van der Waals surface area (Å²) >= 11 is 9.49. The Morgan fingerprint density at radius 3 is 2.75 bits per heavy atom. The van der Waals surface area contributed by atoms with E-state index >= 15 is 0 Å². The number of aryl methyl sites for hydroxylation is 2. The van der Waals surface area contributed by atoms with Gasteiger partial charge in [0.25, 0.3) is 0 Å². The zero-order chi connectivity index (χ0) is 14.4. The molecule has 3 aromatic rings. The quantitative estimate of drug-likeness (QED) is 0.663. The van der Waals surface area contributed by atoms with Gasteiger partial charge in [0.15, 0.2) is 16.6 Å². The fourth-order valence-electron chi connectivity index (χ4n) is 2.02. The fraction of sp³-hybridized carbons (Fsp3) is 0.154. The zero-order valence-electron chi connectivity index (χ0n) is 10.7. The lowest BCUT2D eigenvalue weighted by atomic mass is 10.2. The number of hydrogen-bond donors (Lipinski definition) is 0. The van der Waals surface area contributed by atoms with Crippen molar-refractivity contribution in [2.45, 2.75) is 13.8 Å². The van der Waals surface area contributed by atoms with Gasteiger partial charge in [-0.1, -0.05) is 27.5 Å². The van der Waals surface area contributed by atoms with Crippen molar-refractivity contribution in [1.82, 2.24) is 19.6 Å². The van der Waals surface area contributed by atoms with Crippen LogP contribution in [0, 0.1) is 19.7 Å². The number of rotatable bonds is 1. The summed E-state index contributed by atoms with van der Waals surface area (Å²) in [5, 5.41) is 8.44. The molecule has 0 aliphatic heterocycles. The van der Waals surface area contributed by atoms with Crippen molar-refractivity contribution in [3.05, 3.63) is 45.0 Å². The highest BCUT2D eigenvalue weighted by Gasteiger charge is 2.17. The minimum Gasteiger partial charge on any atom is -0.275 e. The molecule has 20 heavy (non-hydrogen) atoms. The minimum atomic E-state index is -0.338. The van der Waals surface area contributed by atoms with Crippen LogP contribution >= 0.6 is 27.5 Å². The summed E-state index contributed by atoms with van der Waals surface area (Å²) in [6, 6.07) is 4.42. The normalized spacial score (nSPS) is 11.2. The minimum absolute atomic E-state index is 0.277. The van der Waals surface area contributed by atoms with Gasteiger partial charge in [0.1, 0.15) is 5.82 Å². The number of benzene rings is 1. The van der Waals surface area contributed by atoms with Gasteiger partial charge >= 0.3 is 0 Å². The third kappa shape index (κ3) is 1.99. The second-order valence-electron chi connectivity index (χ2n) is 4.38. The molecule has 0 bridgehead atoms. The van der Waals surface area contributed by atoms with E-state index in [4.69, 9.17) is 11.6 Å². The number of fused-ring (bicyclic) bond motifs is 1. The summed E-state index contributed by atoms with van der Waals surface area (Å²) in [5.74, 6) is 0.186. The smallest absolute Gasteiger partial charge is 0.199 e. The highest BCUT2D eigenvalue weighted by atomic mass is 79.9. The molecule has 0 N–H and O–H groups in total. The molecule has 1 aromatic carbocycles. The summed E-state index contributed by atoms with van der Waals surface area (Å²) in [6.45, 7) is 3.75. The van der Waals surface area contributed by atoms with Crippen LogP contribution in [0.25, 0.3) is 17.0 Å². The molecule has 7 heteroatoms. The molecule has 4 nitrogen and oxygen atoms in total. The van der Waals surface area contributed by atoms with Gasteiger partial charge in [-0.05, 0) is 32.0 Å². The molecule has 0 amide bonds. The molecule has 2 aromatic heterocycles. The number of hydrogen-bond acceptors (Lipinski definition) is 3. The van der Waals surface area contributed by atoms with Gasteiger partial charge in [0.05, 0.1) is 5.69 Å². The zero-order valence-corrected chi connectivity index (χ0v) is 13.0. The molecule has 0 atom stereocenters. The van der Waals surface area contributed by atoms with E-state index in [1.807, 2.05) is 13.8 Å². The van der Waals surface area contributed by atoms with E-state index in [1.54, 1.807) is 10.5 Å². The molecule has 102 valence electrons. The Morgan fingerprint density at radius 1 is 1.25 bits per heavy atom. The average molecular weight is 356 g/mol. The van der Waals surface area contributed by atoms with Gasteiger partial charge in [-0.2, -0.15) is 0 Å². The van der Waals surface area contributed by atoms with Gasteiger partial charge in [-0.25, -0.2) is 9.37 Å². The van der Waals surface area contributed by atoms with Crippen LogP contribution in [0.5, 0.6) is 0 Å². The van der Waals surface area contributed by atoms with Gasteiger partial charge < -0.3 is 0 Å². The highest BCUT2D eigenvalue weighted by molar-refractivity contribution is 9.10. The molecule has 3 rings (SSSR count). The number of halogens is 3. The maximum absolute atomic E-state index is 13.5. The Hall–Kier alpha value is -1.53. The lowest BCUT2D eigenvalue weighted by Gasteiger charge is -2.08. The van der Waals surface area contributed by atoms with Crippen molar-refractivity contribution in [3.63, 3.8) is 0 Å². The molecule has 0 fully saturated rings. The topological polar surface area (TPSA) is 43.1 Å². The molecular weight excluding hydrogens is 347 g/mol. The second kappa shape index (κ2) is 4.79. The van der Waals surface area contributed by atoms with E-state index < -0.39 is 0 Å². The van der Waals surface area contributed by atoms with E-state index in [0.29, 0.717) is 17.0 Å². The first-order valence-corrected chi connectivity index (χ1v) is 6.99. The fourth-order valence-corrected chi connectivity index (χ4v) is 2.69. The van der Waals surface area contributed by atoms with Crippen molar-refractivity contribution in [2.75, 3.05) is 0 Å². The SMILES string of the molecule is Cc1nc(Cl)c2nnc(-c3cc(F)ccc3Br)n2c1C. The van der Waals surface area contributed by atoms with Gasteiger partial charge in [0, 0.05) is 15.7 Å². The van der Waals surface area contributed by atoms with E-state index in [2.05, 4.69) is 31.1 Å². The molecule has 0 radical (unpaired) electrons. The second-order valence-corrected chi connectivity index (χ2v) is 5.59. The van der Waals surface area contributed by atoms with Gasteiger partial charge in [-0.3, -0.25) is 4.40 Å². The summed E-state index contributed by atoms with van der Waals surface area (Å²) in [7, 11) is 0. The molecule has 0 saturated carbocycles. The Morgan fingerprint density at radius 2 is 2.00 bits per heavy atom. The van der Waals surface area contributed by atoms with Crippen molar-refractivity contribution < 1.29 is 4.39 Å². The highest BCUT2D eigenvalue weighted by Crippen LogP contribution is 2.30. The van der Waals surface area contributed by atoms with Gasteiger partial charge in [-0.15, -0.1) is 10.2 Å². The first kappa shape index (κ1) is 13.5. The summed E-state index contributed by atoms with van der Waals surface area (Å²) in [5.41, 5.74) is 2.71. The summed E-state index contributed by atoms with van der Waals surface area (Å²) < 4.78 is 16.0. The van der Waals surface area contributed by atoms with E-state index in [9.17, 15) is 4.39 Å². The van der Waals surface area contributed by atoms with Crippen LogP contribution in [-0.4, -0.2) is 19.6 Å². The van der Waals surface area contributed by atoms with Crippen LogP contribution in [0.1, 0.15) is 11.4 Å². The first-order valence-electron chi connectivity index (χ1n) is 5.82. The van der Waals surface area contributed by atoms with Crippen LogP contribution < -0.4 is 0 Å². The van der Waals surface area contributed by atoms with Crippen LogP contribution in [0.2, 0.25) is 5.15 Å². The monoisotopic (exact) mass is 354 g/mol.